The van der Waals surface area contributed by atoms with E-state index >= 15 is 0 Å². The molecule has 1 amide bonds. The average Bonchev–Trinajstić information content (AvgIpc) is 2.67. The number of hydrogen-bond donors (Lipinski definition) is 1. The molecule has 0 heterocycles. The van der Waals surface area contributed by atoms with E-state index in [1.807, 2.05) is 36.4 Å². The number of carbonyl (C=O) groups is 1. The Hall–Kier alpha value is -3.21. The molecule has 3 aromatic rings. The van der Waals surface area contributed by atoms with Crippen molar-refractivity contribution in [2.45, 2.75) is 0 Å². The summed E-state index contributed by atoms with van der Waals surface area (Å²) in [5, 5.41) is 4.78. The van der Waals surface area contributed by atoms with Crippen molar-refractivity contribution in [3.8, 4) is 17.2 Å². The van der Waals surface area contributed by atoms with Crippen LogP contribution in [0.5, 0.6) is 17.2 Å². The maximum absolute atomic E-state index is 12.8. The van der Waals surface area contributed by atoms with Crippen LogP contribution < -0.4 is 19.5 Å². The number of rotatable bonds is 5. The van der Waals surface area contributed by atoms with Gasteiger partial charge in [-0.2, -0.15) is 0 Å². The number of hydrogen-bond acceptors (Lipinski definition) is 4. The van der Waals surface area contributed by atoms with E-state index in [2.05, 4.69) is 5.32 Å². The van der Waals surface area contributed by atoms with Gasteiger partial charge in [0.15, 0.2) is 0 Å². The third-order valence-electron chi connectivity index (χ3n) is 4.00. The van der Waals surface area contributed by atoms with Crippen molar-refractivity contribution in [2.24, 2.45) is 0 Å². The third kappa shape index (κ3) is 3.21. The topological polar surface area (TPSA) is 56.8 Å². The van der Waals surface area contributed by atoms with Gasteiger partial charge in [0.25, 0.3) is 5.91 Å². The average molecular weight is 337 g/mol. The Morgan fingerprint density at radius 2 is 1.48 bits per heavy atom. The second kappa shape index (κ2) is 7.13. The SMILES string of the molecule is COc1ccc(OC)c(C(=O)Nc2ccc(OC)c3ccccc23)c1. The zero-order chi connectivity index (χ0) is 17.8. The van der Waals surface area contributed by atoms with Gasteiger partial charge in [-0.15, -0.1) is 0 Å². The fourth-order valence-corrected chi connectivity index (χ4v) is 2.74. The molecule has 0 radical (unpaired) electrons. The predicted molar refractivity (Wildman–Crippen MR) is 98.0 cm³/mol. The minimum absolute atomic E-state index is 0.272. The summed E-state index contributed by atoms with van der Waals surface area (Å²) in [6.45, 7) is 0. The normalized spacial score (nSPS) is 10.4. The number of amides is 1. The van der Waals surface area contributed by atoms with Crippen LogP contribution in [0.4, 0.5) is 5.69 Å². The van der Waals surface area contributed by atoms with Crippen molar-refractivity contribution in [3.63, 3.8) is 0 Å². The van der Waals surface area contributed by atoms with E-state index in [9.17, 15) is 4.79 Å². The molecule has 1 N–H and O–H groups in total. The van der Waals surface area contributed by atoms with Crippen LogP contribution in [0.3, 0.4) is 0 Å². The monoisotopic (exact) mass is 337 g/mol. The van der Waals surface area contributed by atoms with Gasteiger partial charge >= 0.3 is 0 Å². The number of benzene rings is 3. The molecule has 0 aliphatic heterocycles. The molecule has 0 saturated heterocycles. The van der Waals surface area contributed by atoms with Crippen molar-refractivity contribution in [1.82, 2.24) is 0 Å². The second-order valence-electron chi connectivity index (χ2n) is 5.38. The third-order valence-corrected chi connectivity index (χ3v) is 4.00. The first-order chi connectivity index (χ1) is 12.2. The Balaban J connectivity index is 2.01. The van der Waals surface area contributed by atoms with E-state index < -0.39 is 0 Å². The maximum atomic E-state index is 12.8. The molecular formula is C20H19NO4. The number of anilines is 1. The second-order valence-corrected chi connectivity index (χ2v) is 5.38. The fraction of sp³-hybridized carbons (Fsp3) is 0.150. The summed E-state index contributed by atoms with van der Waals surface area (Å²) >= 11 is 0. The van der Waals surface area contributed by atoms with Gasteiger partial charge in [-0.3, -0.25) is 4.79 Å². The molecule has 0 saturated carbocycles. The lowest BCUT2D eigenvalue weighted by Gasteiger charge is -2.13. The molecule has 0 aromatic heterocycles. The Bertz CT molecular complexity index is 921. The summed E-state index contributed by atoms with van der Waals surface area (Å²) in [6, 6.07) is 16.5. The van der Waals surface area contributed by atoms with Crippen molar-refractivity contribution in [1.29, 1.82) is 0 Å². The molecule has 0 fully saturated rings. The van der Waals surface area contributed by atoms with Gasteiger partial charge in [0.1, 0.15) is 17.2 Å². The highest BCUT2D eigenvalue weighted by atomic mass is 16.5. The van der Waals surface area contributed by atoms with Gasteiger partial charge in [0.05, 0.1) is 26.9 Å². The van der Waals surface area contributed by atoms with E-state index in [0.717, 1.165) is 16.5 Å². The van der Waals surface area contributed by atoms with Crippen LogP contribution in [0.2, 0.25) is 0 Å². The fourth-order valence-electron chi connectivity index (χ4n) is 2.74. The molecular weight excluding hydrogens is 318 g/mol. The summed E-state index contributed by atoms with van der Waals surface area (Å²) < 4.78 is 15.9. The Morgan fingerprint density at radius 1 is 0.800 bits per heavy atom. The Labute approximate surface area is 146 Å². The molecule has 0 aliphatic rings. The number of methoxy groups -OCH3 is 3. The standard InChI is InChI=1S/C20H19NO4/c1-23-13-8-10-19(25-3)16(12-13)20(22)21-17-9-11-18(24-2)15-7-5-4-6-14(15)17/h4-12H,1-3H3,(H,21,22). The lowest BCUT2D eigenvalue weighted by atomic mass is 10.1. The van der Waals surface area contributed by atoms with Gasteiger partial charge in [-0.1, -0.05) is 24.3 Å². The van der Waals surface area contributed by atoms with Gasteiger partial charge in [-0.05, 0) is 30.3 Å². The van der Waals surface area contributed by atoms with Gasteiger partial charge in [0.2, 0.25) is 0 Å². The Kier molecular flexibility index (Phi) is 4.75. The highest BCUT2D eigenvalue weighted by Gasteiger charge is 2.15. The van der Waals surface area contributed by atoms with Crippen LogP contribution in [0, 0.1) is 0 Å². The predicted octanol–water partition coefficient (Wildman–Crippen LogP) is 4.12. The number of ether oxygens (including phenoxy) is 3. The van der Waals surface area contributed by atoms with Crippen LogP contribution in [-0.2, 0) is 0 Å². The zero-order valence-electron chi connectivity index (χ0n) is 14.3. The summed E-state index contributed by atoms with van der Waals surface area (Å²) in [6.07, 6.45) is 0. The maximum Gasteiger partial charge on any atom is 0.259 e. The van der Waals surface area contributed by atoms with Crippen LogP contribution in [0.25, 0.3) is 10.8 Å². The molecule has 5 nitrogen and oxygen atoms in total. The molecule has 5 heteroatoms. The quantitative estimate of drug-likeness (QED) is 0.761. The van der Waals surface area contributed by atoms with Gasteiger partial charge in [-0.25, -0.2) is 0 Å². The van der Waals surface area contributed by atoms with E-state index in [0.29, 0.717) is 22.7 Å². The van der Waals surface area contributed by atoms with Crippen LogP contribution >= 0.6 is 0 Å². The molecule has 0 aliphatic carbocycles. The molecule has 0 spiro atoms. The van der Waals surface area contributed by atoms with Crippen molar-refractivity contribution < 1.29 is 19.0 Å². The Morgan fingerprint density at radius 3 is 2.16 bits per heavy atom. The number of fused-ring (bicyclic) bond motifs is 1. The van der Waals surface area contributed by atoms with Gasteiger partial charge < -0.3 is 19.5 Å². The molecule has 0 unspecified atom stereocenters. The van der Waals surface area contributed by atoms with Crippen molar-refractivity contribution >= 4 is 22.4 Å². The number of carbonyl (C=O) groups excluding carboxylic acids is 1. The lowest BCUT2D eigenvalue weighted by Crippen LogP contribution is -2.13. The van der Waals surface area contributed by atoms with E-state index in [1.54, 1.807) is 32.4 Å². The lowest BCUT2D eigenvalue weighted by molar-refractivity contribution is 0.102. The van der Waals surface area contributed by atoms with E-state index in [4.69, 9.17) is 14.2 Å². The summed E-state index contributed by atoms with van der Waals surface area (Å²) in [4.78, 5) is 12.8. The van der Waals surface area contributed by atoms with Crippen molar-refractivity contribution in [3.05, 3.63) is 60.2 Å². The minimum Gasteiger partial charge on any atom is -0.497 e. The number of nitrogens with one attached hydrogen (secondary N) is 1. The van der Waals surface area contributed by atoms with Crippen LogP contribution in [-0.4, -0.2) is 27.2 Å². The molecule has 3 aromatic carbocycles. The van der Waals surface area contributed by atoms with Crippen LogP contribution in [0.15, 0.2) is 54.6 Å². The van der Waals surface area contributed by atoms with E-state index in [1.165, 1.54) is 7.11 Å². The molecule has 128 valence electrons. The summed E-state index contributed by atoms with van der Waals surface area (Å²) in [5.41, 5.74) is 1.10. The van der Waals surface area contributed by atoms with Crippen LogP contribution in [0.1, 0.15) is 10.4 Å². The molecule has 25 heavy (non-hydrogen) atoms. The summed E-state index contributed by atoms with van der Waals surface area (Å²) in [7, 11) is 4.71. The van der Waals surface area contributed by atoms with Crippen molar-refractivity contribution in [2.75, 3.05) is 26.6 Å². The highest BCUT2D eigenvalue weighted by Crippen LogP contribution is 2.32. The first-order valence-corrected chi connectivity index (χ1v) is 7.77. The largest absolute Gasteiger partial charge is 0.497 e. The summed E-state index contributed by atoms with van der Waals surface area (Å²) in [5.74, 6) is 1.56. The van der Waals surface area contributed by atoms with Gasteiger partial charge in [0, 0.05) is 16.5 Å². The minimum atomic E-state index is -0.272. The first-order valence-electron chi connectivity index (χ1n) is 7.77. The van der Waals surface area contributed by atoms with E-state index in [-0.39, 0.29) is 5.91 Å². The molecule has 0 bridgehead atoms. The molecule has 0 atom stereocenters. The molecule has 3 rings (SSSR count). The first kappa shape index (κ1) is 16.6. The zero-order valence-corrected chi connectivity index (χ0v) is 14.3. The smallest absolute Gasteiger partial charge is 0.259 e. The highest BCUT2D eigenvalue weighted by molar-refractivity contribution is 6.11.